The van der Waals surface area contributed by atoms with Gasteiger partial charge in [-0.05, 0) is 12.8 Å². The summed E-state index contributed by atoms with van der Waals surface area (Å²) in [7, 11) is 0. The summed E-state index contributed by atoms with van der Waals surface area (Å²) in [6.07, 6.45) is 25.6. The van der Waals surface area contributed by atoms with Crippen molar-refractivity contribution in [2.24, 2.45) is 0 Å². The van der Waals surface area contributed by atoms with Gasteiger partial charge >= 0.3 is 35.0 Å². The van der Waals surface area contributed by atoms with E-state index in [1.54, 1.807) is 0 Å². The van der Waals surface area contributed by atoms with Crippen LogP contribution in [0.5, 0.6) is 0 Å². The summed E-state index contributed by atoms with van der Waals surface area (Å²) in [4.78, 5) is 23.4. The van der Waals surface area contributed by atoms with Crippen molar-refractivity contribution >= 4 is 35.0 Å². The number of ether oxygens (including phenoxy) is 1. The maximum atomic E-state index is 11.7. The summed E-state index contributed by atoms with van der Waals surface area (Å²) in [5, 5.41) is 0. The van der Waals surface area contributed by atoms with Gasteiger partial charge in [0, 0.05) is 12.8 Å². The Morgan fingerprint density at radius 1 is 0.433 bits per heavy atom. The second kappa shape index (κ2) is 26.9. The molecule has 0 fully saturated rings. The molecule has 0 saturated carbocycles. The molecule has 0 atom stereocenters. The van der Waals surface area contributed by atoms with Crippen LogP contribution in [0.4, 0.5) is 0 Å². The van der Waals surface area contributed by atoms with Crippen LogP contribution in [0.25, 0.3) is 0 Å². The molecule has 0 heterocycles. The third-order valence-electron chi connectivity index (χ3n) is 5.70. The fourth-order valence-corrected chi connectivity index (χ4v) is 3.74. The first-order valence-corrected chi connectivity index (χ1v) is 12.9. The van der Waals surface area contributed by atoms with Gasteiger partial charge in [-0.3, -0.25) is 9.59 Å². The van der Waals surface area contributed by atoms with E-state index in [2.05, 4.69) is 13.8 Å². The third kappa shape index (κ3) is 25.9. The molecule has 0 unspecified atom stereocenters. The molecular weight excluding hydrogens is 385 g/mol. The SMILES string of the molecule is CCCCCCCCCCCCCC(=O)OC(=O)CCCCCCCCCCC.[MgH2]. The highest BCUT2D eigenvalue weighted by Gasteiger charge is 2.09. The average Bonchev–Trinajstić information content (AvgIpc) is 2.70. The van der Waals surface area contributed by atoms with Crippen molar-refractivity contribution < 1.29 is 14.3 Å². The van der Waals surface area contributed by atoms with Crippen LogP contribution in [-0.4, -0.2) is 35.0 Å². The highest BCUT2D eigenvalue weighted by molar-refractivity contribution is 5.85. The highest BCUT2D eigenvalue weighted by Crippen LogP contribution is 2.13. The molecule has 0 aliphatic carbocycles. The van der Waals surface area contributed by atoms with E-state index < -0.39 is 0 Å². The predicted octanol–water partition coefficient (Wildman–Crippen LogP) is 7.76. The van der Waals surface area contributed by atoms with E-state index >= 15 is 0 Å². The lowest BCUT2D eigenvalue weighted by atomic mass is 10.1. The molecule has 176 valence electrons. The zero-order chi connectivity index (χ0) is 21.4. The van der Waals surface area contributed by atoms with Crippen LogP contribution in [0, 0.1) is 0 Å². The lowest BCUT2D eigenvalue weighted by Crippen LogP contribution is -2.11. The van der Waals surface area contributed by atoms with Gasteiger partial charge in [-0.25, -0.2) is 0 Å². The number of rotatable bonds is 22. The van der Waals surface area contributed by atoms with Gasteiger partial charge in [-0.1, -0.05) is 129 Å². The number of hydrogen-bond donors (Lipinski definition) is 0. The lowest BCUT2D eigenvalue weighted by molar-refractivity contribution is -0.159. The Hall–Kier alpha value is -0.0938. The molecular formula is C26H52MgO3. The topological polar surface area (TPSA) is 43.4 Å². The van der Waals surface area contributed by atoms with Crippen molar-refractivity contribution in [2.45, 2.75) is 155 Å². The molecule has 0 spiro atoms. The Kier molecular flexibility index (Phi) is 28.8. The first kappa shape index (κ1) is 32.1. The van der Waals surface area contributed by atoms with Gasteiger partial charge in [-0.15, -0.1) is 0 Å². The molecule has 0 saturated heterocycles. The summed E-state index contributed by atoms with van der Waals surface area (Å²) < 4.78 is 4.94. The number of hydrogen-bond acceptors (Lipinski definition) is 3. The van der Waals surface area contributed by atoms with Crippen molar-refractivity contribution in [3.8, 4) is 0 Å². The van der Waals surface area contributed by atoms with Gasteiger partial charge in [0.25, 0.3) is 0 Å². The van der Waals surface area contributed by atoms with Gasteiger partial charge in [0.2, 0.25) is 0 Å². The summed E-state index contributed by atoms with van der Waals surface area (Å²) in [6, 6.07) is 0. The van der Waals surface area contributed by atoms with Crippen molar-refractivity contribution in [3.05, 3.63) is 0 Å². The molecule has 0 aromatic carbocycles. The fourth-order valence-electron chi connectivity index (χ4n) is 3.74. The van der Waals surface area contributed by atoms with Crippen molar-refractivity contribution in [1.82, 2.24) is 0 Å². The molecule has 0 aliphatic rings. The Balaban J connectivity index is 0. The van der Waals surface area contributed by atoms with E-state index in [9.17, 15) is 9.59 Å². The summed E-state index contributed by atoms with van der Waals surface area (Å²) in [5.41, 5.74) is 0. The second-order valence-electron chi connectivity index (χ2n) is 8.71. The highest BCUT2D eigenvalue weighted by atomic mass is 24.3. The minimum atomic E-state index is -0.332. The van der Waals surface area contributed by atoms with Gasteiger partial charge in [0.05, 0.1) is 0 Å². The molecule has 3 nitrogen and oxygen atoms in total. The summed E-state index contributed by atoms with van der Waals surface area (Å²) in [5.74, 6) is -0.664. The molecule has 0 radical (unpaired) electrons. The van der Waals surface area contributed by atoms with E-state index in [1.807, 2.05) is 0 Å². The number of unbranched alkanes of at least 4 members (excludes halogenated alkanes) is 18. The van der Waals surface area contributed by atoms with Crippen LogP contribution < -0.4 is 0 Å². The normalized spacial score (nSPS) is 10.6. The van der Waals surface area contributed by atoms with E-state index in [0.717, 1.165) is 25.7 Å². The molecule has 0 aliphatic heterocycles. The smallest absolute Gasteiger partial charge is 0.316 e. The first-order chi connectivity index (χ1) is 14.2. The van der Waals surface area contributed by atoms with E-state index in [4.69, 9.17) is 4.74 Å². The second-order valence-corrected chi connectivity index (χ2v) is 8.71. The monoisotopic (exact) mass is 436 g/mol. The maximum Gasteiger partial charge on any atom is 0.316 e. The van der Waals surface area contributed by atoms with E-state index in [0.29, 0.717) is 12.8 Å². The Morgan fingerprint density at radius 3 is 0.933 bits per heavy atom. The number of carbonyl (C=O) groups is 2. The van der Waals surface area contributed by atoms with Gasteiger partial charge in [0.1, 0.15) is 0 Å². The Labute approximate surface area is 204 Å². The first-order valence-electron chi connectivity index (χ1n) is 12.9. The fraction of sp³-hybridized carbons (Fsp3) is 0.923. The van der Waals surface area contributed by atoms with Crippen LogP contribution in [-0.2, 0) is 14.3 Å². The summed E-state index contributed by atoms with van der Waals surface area (Å²) in [6.45, 7) is 4.49. The standard InChI is InChI=1S/C26H50O3.Mg.2H/c1-3-5-7-9-11-13-14-16-18-20-22-24-26(28)29-25(27)23-21-19-17-15-12-10-8-6-4-2;;;/h3-24H2,1-2H3;;;. The van der Waals surface area contributed by atoms with Crippen molar-refractivity contribution in [2.75, 3.05) is 0 Å². The van der Waals surface area contributed by atoms with Crippen LogP contribution in [0.15, 0.2) is 0 Å². The minimum Gasteiger partial charge on any atom is -0.393 e. The van der Waals surface area contributed by atoms with Gasteiger partial charge in [-0.2, -0.15) is 0 Å². The molecule has 0 aromatic rings. The number of carbonyl (C=O) groups excluding carboxylic acids is 2. The van der Waals surface area contributed by atoms with E-state index in [-0.39, 0.29) is 35.0 Å². The third-order valence-corrected chi connectivity index (χ3v) is 5.70. The molecule has 0 bridgehead atoms. The molecule has 0 rings (SSSR count). The molecule has 30 heavy (non-hydrogen) atoms. The van der Waals surface area contributed by atoms with E-state index in [1.165, 1.54) is 103 Å². The van der Waals surface area contributed by atoms with Crippen LogP contribution in [0.2, 0.25) is 0 Å². The van der Waals surface area contributed by atoms with Crippen LogP contribution in [0.1, 0.15) is 155 Å². The van der Waals surface area contributed by atoms with Crippen LogP contribution in [0.3, 0.4) is 0 Å². The Morgan fingerprint density at radius 2 is 0.667 bits per heavy atom. The number of esters is 2. The van der Waals surface area contributed by atoms with Gasteiger partial charge < -0.3 is 4.74 Å². The summed E-state index contributed by atoms with van der Waals surface area (Å²) >= 11 is 0. The largest absolute Gasteiger partial charge is 0.393 e. The predicted molar refractivity (Wildman–Crippen MR) is 133 cm³/mol. The van der Waals surface area contributed by atoms with Crippen LogP contribution >= 0.6 is 0 Å². The van der Waals surface area contributed by atoms with Crippen molar-refractivity contribution in [1.29, 1.82) is 0 Å². The average molecular weight is 437 g/mol. The molecule has 0 aromatic heterocycles. The van der Waals surface area contributed by atoms with Crippen molar-refractivity contribution in [3.63, 3.8) is 0 Å². The van der Waals surface area contributed by atoms with Gasteiger partial charge in [0.15, 0.2) is 0 Å². The molecule has 0 N–H and O–H groups in total. The molecule has 4 heteroatoms. The zero-order valence-electron chi connectivity index (χ0n) is 19.8. The minimum absolute atomic E-state index is 0. The Bertz CT molecular complexity index is 371. The zero-order valence-corrected chi connectivity index (χ0v) is 19.8. The lowest BCUT2D eigenvalue weighted by Gasteiger charge is -2.04. The molecule has 0 amide bonds. The maximum absolute atomic E-state index is 11.7. The quantitative estimate of drug-likeness (QED) is 0.0753.